The fourth-order valence-corrected chi connectivity index (χ4v) is 4.59. The van der Waals surface area contributed by atoms with Crippen molar-refractivity contribution < 1.29 is 14.4 Å². The summed E-state index contributed by atoms with van der Waals surface area (Å²) in [7, 11) is 0. The van der Waals surface area contributed by atoms with Gasteiger partial charge in [0.2, 0.25) is 5.91 Å². The second kappa shape index (κ2) is 9.19. The van der Waals surface area contributed by atoms with Gasteiger partial charge in [0.25, 0.3) is 5.91 Å². The summed E-state index contributed by atoms with van der Waals surface area (Å²) in [6.07, 6.45) is 5.25. The van der Waals surface area contributed by atoms with Gasteiger partial charge < -0.3 is 10.6 Å². The fraction of sp³-hybridized carbons (Fsp3) is 0.625. The van der Waals surface area contributed by atoms with Crippen molar-refractivity contribution in [1.82, 2.24) is 15.5 Å². The third-order valence-corrected chi connectivity index (χ3v) is 6.54. The van der Waals surface area contributed by atoms with Gasteiger partial charge in [-0.15, -0.1) is 0 Å². The van der Waals surface area contributed by atoms with Gasteiger partial charge in [0.1, 0.15) is 12.1 Å². The zero-order valence-electron chi connectivity index (χ0n) is 18.7. The Morgan fingerprint density at radius 1 is 1.20 bits per heavy atom. The molecule has 1 heterocycles. The van der Waals surface area contributed by atoms with Crippen LogP contribution in [-0.2, 0) is 16.0 Å². The molecule has 1 spiro atoms. The van der Waals surface area contributed by atoms with Crippen LogP contribution in [0.25, 0.3) is 0 Å². The maximum Gasteiger partial charge on any atom is 0.325 e. The van der Waals surface area contributed by atoms with Gasteiger partial charge in [-0.1, -0.05) is 58.4 Å². The Hall–Kier alpha value is -2.37. The monoisotopic (exact) mass is 413 g/mol. The molecule has 164 valence electrons. The van der Waals surface area contributed by atoms with Crippen molar-refractivity contribution in [1.29, 1.82) is 0 Å². The molecule has 1 saturated carbocycles. The highest BCUT2D eigenvalue weighted by Gasteiger charge is 2.52. The highest BCUT2D eigenvalue weighted by Crippen LogP contribution is 2.36. The first-order chi connectivity index (χ1) is 14.3. The number of amides is 4. The summed E-state index contributed by atoms with van der Waals surface area (Å²) in [4.78, 5) is 39.3. The Kier molecular flexibility index (Phi) is 6.84. The SMILES string of the molecule is CCCc1ccc(C(NC(=O)CN2C(=O)NC3(CCC(C)CC3)C2=O)C(C)C)cc1. The van der Waals surface area contributed by atoms with Crippen LogP contribution in [0.4, 0.5) is 4.79 Å². The summed E-state index contributed by atoms with van der Waals surface area (Å²) < 4.78 is 0. The number of aryl methyl sites for hydroxylation is 1. The van der Waals surface area contributed by atoms with Gasteiger partial charge in [0, 0.05) is 0 Å². The summed E-state index contributed by atoms with van der Waals surface area (Å²) >= 11 is 0. The average molecular weight is 414 g/mol. The lowest BCUT2D eigenvalue weighted by Crippen LogP contribution is -2.50. The molecule has 1 aromatic carbocycles. The van der Waals surface area contributed by atoms with Crippen LogP contribution in [0.1, 0.15) is 77.0 Å². The molecule has 1 atom stereocenters. The smallest absolute Gasteiger partial charge is 0.325 e. The molecular weight excluding hydrogens is 378 g/mol. The van der Waals surface area contributed by atoms with E-state index in [4.69, 9.17) is 0 Å². The number of rotatable bonds is 7. The summed E-state index contributed by atoms with van der Waals surface area (Å²) in [5.74, 6) is 0.184. The van der Waals surface area contributed by atoms with E-state index in [1.807, 2.05) is 0 Å². The van der Waals surface area contributed by atoms with Crippen molar-refractivity contribution in [2.75, 3.05) is 6.54 Å². The molecule has 2 aliphatic rings. The van der Waals surface area contributed by atoms with Crippen LogP contribution in [0.5, 0.6) is 0 Å². The van der Waals surface area contributed by atoms with E-state index in [0.29, 0.717) is 18.8 Å². The normalized spacial score (nSPS) is 25.0. The summed E-state index contributed by atoms with van der Waals surface area (Å²) in [6.45, 7) is 8.19. The summed E-state index contributed by atoms with van der Waals surface area (Å²) in [5.41, 5.74) is 1.51. The highest BCUT2D eigenvalue weighted by atomic mass is 16.2. The lowest BCUT2D eigenvalue weighted by molar-refractivity contribution is -0.136. The van der Waals surface area contributed by atoms with Gasteiger partial charge in [-0.2, -0.15) is 0 Å². The van der Waals surface area contributed by atoms with E-state index in [9.17, 15) is 14.4 Å². The van der Waals surface area contributed by atoms with E-state index in [1.165, 1.54) is 5.56 Å². The quantitative estimate of drug-likeness (QED) is 0.664. The third-order valence-electron chi connectivity index (χ3n) is 6.54. The molecule has 30 heavy (non-hydrogen) atoms. The molecule has 6 nitrogen and oxygen atoms in total. The molecule has 1 unspecified atom stereocenters. The molecule has 0 aromatic heterocycles. The van der Waals surface area contributed by atoms with Crippen LogP contribution in [0.3, 0.4) is 0 Å². The Labute approximate surface area is 179 Å². The van der Waals surface area contributed by atoms with Crippen molar-refractivity contribution in [3.05, 3.63) is 35.4 Å². The third kappa shape index (κ3) is 4.68. The standard InChI is InChI=1S/C24H35N3O3/c1-5-6-18-7-9-19(10-8-18)21(16(2)3)25-20(28)15-27-22(29)24(26-23(27)30)13-11-17(4)12-14-24/h7-10,16-17,21H,5-6,11-15H2,1-4H3,(H,25,28)(H,26,30). The maximum absolute atomic E-state index is 13.0. The molecule has 2 N–H and O–H groups in total. The van der Waals surface area contributed by atoms with Crippen LogP contribution >= 0.6 is 0 Å². The minimum absolute atomic E-state index is 0.168. The number of imide groups is 1. The number of carbonyl (C=O) groups is 3. The largest absolute Gasteiger partial charge is 0.347 e. The Morgan fingerprint density at radius 3 is 2.40 bits per heavy atom. The number of hydrogen-bond acceptors (Lipinski definition) is 3. The highest BCUT2D eigenvalue weighted by molar-refractivity contribution is 6.09. The number of urea groups is 1. The van der Waals surface area contributed by atoms with E-state index in [1.54, 1.807) is 0 Å². The zero-order chi connectivity index (χ0) is 21.9. The van der Waals surface area contributed by atoms with Gasteiger partial charge in [0.05, 0.1) is 6.04 Å². The summed E-state index contributed by atoms with van der Waals surface area (Å²) in [6, 6.07) is 7.70. The molecular formula is C24H35N3O3. The number of benzene rings is 1. The number of nitrogens with one attached hydrogen (secondary N) is 2. The second-order valence-corrected chi connectivity index (χ2v) is 9.37. The molecule has 1 aliphatic carbocycles. The fourth-order valence-electron chi connectivity index (χ4n) is 4.59. The number of hydrogen-bond donors (Lipinski definition) is 2. The molecule has 1 aromatic rings. The van der Waals surface area contributed by atoms with Crippen LogP contribution < -0.4 is 10.6 Å². The zero-order valence-corrected chi connectivity index (χ0v) is 18.7. The van der Waals surface area contributed by atoms with Crippen LogP contribution in [0, 0.1) is 11.8 Å². The van der Waals surface area contributed by atoms with Crippen molar-refractivity contribution in [2.45, 2.75) is 77.8 Å². The molecule has 4 amide bonds. The predicted molar refractivity (Wildman–Crippen MR) is 117 cm³/mol. The Balaban J connectivity index is 1.65. The topological polar surface area (TPSA) is 78.5 Å². The van der Waals surface area contributed by atoms with Crippen molar-refractivity contribution in [2.24, 2.45) is 11.8 Å². The average Bonchev–Trinajstić information content (AvgIpc) is 2.93. The second-order valence-electron chi connectivity index (χ2n) is 9.37. The first-order valence-electron chi connectivity index (χ1n) is 11.3. The van der Waals surface area contributed by atoms with Crippen molar-refractivity contribution >= 4 is 17.8 Å². The molecule has 1 aliphatic heterocycles. The number of nitrogens with zero attached hydrogens (tertiary/aromatic N) is 1. The van der Waals surface area contributed by atoms with Gasteiger partial charge in [-0.25, -0.2) is 4.79 Å². The molecule has 6 heteroatoms. The van der Waals surface area contributed by atoms with Crippen molar-refractivity contribution in [3.8, 4) is 0 Å². The van der Waals surface area contributed by atoms with E-state index in [0.717, 1.165) is 36.1 Å². The molecule has 0 radical (unpaired) electrons. The van der Waals surface area contributed by atoms with Crippen LogP contribution in [-0.4, -0.2) is 34.8 Å². The first-order valence-corrected chi connectivity index (χ1v) is 11.3. The molecule has 3 rings (SSSR count). The predicted octanol–water partition coefficient (Wildman–Crippen LogP) is 3.95. The van der Waals surface area contributed by atoms with E-state index in [2.05, 4.69) is 62.6 Å². The van der Waals surface area contributed by atoms with E-state index in [-0.39, 0.29) is 30.3 Å². The number of carbonyl (C=O) groups excluding carboxylic acids is 3. The van der Waals surface area contributed by atoms with Gasteiger partial charge in [-0.3, -0.25) is 14.5 Å². The van der Waals surface area contributed by atoms with E-state index < -0.39 is 11.6 Å². The van der Waals surface area contributed by atoms with Gasteiger partial charge >= 0.3 is 6.03 Å². The van der Waals surface area contributed by atoms with Crippen LogP contribution in [0.15, 0.2) is 24.3 Å². The first kappa shape index (κ1) is 22.3. The minimum Gasteiger partial charge on any atom is -0.347 e. The lowest BCUT2D eigenvalue weighted by Gasteiger charge is -2.33. The summed E-state index contributed by atoms with van der Waals surface area (Å²) in [5, 5.41) is 5.92. The van der Waals surface area contributed by atoms with Crippen LogP contribution in [0.2, 0.25) is 0 Å². The van der Waals surface area contributed by atoms with Crippen molar-refractivity contribution in [3.63, 3.8) is 0 Å². The molecule has 1 saturated heterocycles. The van der Waals surface area contributed by atoms with Gasteiger partial charge in [-0.05, 0) is 55.1 Å². The Bertz CT molecular complexity index is 779. The Morgan fingerprint density at radius 2 is 1.83 bits per heavy atom. The maximum atomic E-state index is 13.0. The lowest BCUT2D eigenvalue weighted by atomic mass is 9.77. The van der Waals surface area contributed by atoms with E-state index >= 15 is 0 Å². The molecule has 0 bridgehead atoms. The molecule has 2 fully saturated rings. The minimum atomic E-state index is -0.809. The van der Waals surface area contributed by atoms with Gasteiger partial charge in [0.15, 0.2) is 0 Å².